The van der Waals surface area contributed by atoms with E-state index in [1.54, 1.807) is 20.1 Å². The molecule has 1 aromatic heterocycles. The zero-order valence-corrected chi connectivity index (χ0v) is 11.1. The van der Waals surface area contributed by atoms with Crippen molar-refractivity contribution in [3.05, 3.63) is 35.4 Å². The average Bonchev–Trinajstić information content (AvgIpc) is 2.82. The van der Waals surface area contributed by atoms with E-state index in [9.17, 15) is 4.39 Å². The van der Waals surface area contributed by atoms with E-state index in [-0.39, 0.29) is 18.3 Å². The zero-order valence-electron chi connectivity index (χ0n) is 11.1. The number of aromatic nitrogens is 2. The molecule has 2 rings (SSSR count). The SMILES string of the molecule is COCC(C)(N)c1noc(-c2cc(F)ccc2C)n1. The van der Waals surface area contributed by atoms with E-state index in [2.05, 4.69) is 10.1 Å². The van der Waals surface area contributed by atoms with Gasteiger partial charge in [-0.2, -0.15) is 4.98 Å². The number of halogens is 1. The second-order valence-electron chi connectivity index (χ2n) is 4.73. The molecule has 0 saturated carbocycles. The molecule has 5 nitrogen and oxygen atoms in total. The fourth-order valence-electron chi connectivity index (χ4n) is 1.75. The van der Waals surface area contributed by atoms with Crippen LogP contribution in [0.4, 0.5) is 4.39 Å². The van der Waals surface area contributed by atoms with E-state index in [4.69, 9.17) is 15.0 Å². The Morgan fingerprint density at radius 1 is 1.47 bits per heavy atom. The molecule has 1 aromatic carbocycles. The van der Waals surface area contributed by atoms with Crippen LogP contribution in [0.2, 0.25) is 0 Å². The van der Waals surface area contributed by atoms with Gasteiger partial charge < -0.3 is 15.0 Å². The Balaban J connectivity index is 2.38. The van der Waals surface area contributed by atoms with Crippen molar-refractivity contribution in [2.75, 3.05) is 13.7 Å². The number of benzene rings is 1. The van der Waals surface area contributed by atoms with E-state index < -0.39 is 5.54 Å². The zero-order chi connectivity index (χ0) is 14.0. The summed E-state index contributed by atoms with van der Waals surface area (Å²) >= 11 is 0. The smallest absolute Gasteiger partial charge is 0.258 e. The summed E-state index contributed by atoms with van der Waals surface area (Å²) in [5, 5.41) is 3.84. The molecule has 0 saturated heterocycles. The first-order valence-corrected chi connectivity index (χ1v) is 5.82. The molecule has 0 aliphatic carbocycles. The lowest BCUT2D eigenvalue weighted by atomic mass is 10.0. The molecule has 0 spiro atoms. The molecule has 0 radical (unpaired) electrons. The third kappa shape index (κ3) is 2.80. The van der Waals surface area contributed by atoms with Crippen LogP contribution in [0.1, 0.15) is 18.3 Å². The summed E-state index contributed by atoms with van der Waals surface area (Å²) in [4.78, 5) is 4.22. The quantitative estimate of drug-likeness (QED) is 0.915. The van der Waals surface area contributed by atoms with Crippen molar-refractivity contribution in [2.45, 2.75) is 19.4 Å². The van der Waals surface area contributed by atoms with Crippen molar-refractivity contribution in [3.8, 4) is 11.5 Å². The maximum Gasteiger partial charge on any atom is 0.258 e. The number of ether oxygens (including phenoxy) is 1. The highest BCUT2D eigenvalue weighted by molar-refractivity contribution is 5.58. The summed E-state index contributed by atoms with van der Waals surface area (Å²) in [6, 6.07) is 4.40. The van der Waals surface area contributed by atoms with E-state index in [1.165, 1.54) is 12.1 Å². The predicted octanol–water partition coefficient (Wildman–Crippen LogP) is 2.00. The molecule has 1 heterocycles. The molecule has 2 N–H and O–H groups in total. The molecular formula is C13H16FN3O2. The lowest BCUT2D eigenvalue weighted by Crippen LogP contribution is -2.38. The van der Waals surface area contributed by atoms with E-state index in [1.807, 2.05) is 6.92 Å². The van der Waals surface area contributed by atoms with Gasteiger partial charge in [-0.05, 0) is 31.5 Å². The van der Waals surface area contributed by atoms with Gasteiger partial charge in [-0.15, -0.1) is 0 Å². The normalized spacial score (nSPS) is 14.4. The second kappa shape index (κ2) is 5.07. The second-order valence-corrected chi connectivity index (χ2v) is 4.73. The summed E-state index contributed by atoms with van der Waals surface area (Å²) in [6.45, 7) is 3.84. The van der Waals surface area contributed by atoms with Gasteiger partial charge in [-0.3, -0.25) is 0 Å². The highest BCUT2D eigenvalue weighted by atomic mass is 19.1. The molecule has 0 aliphatic rings. The standard InChI is InChI=1S/C13H16FN3O2/c1-8-4-5-9(14)6-10(8)11-16-12(17-19-11)13(2,15)7-18-3/h4-6H,7,15H2,1-3H3. The highest BCUT2D eigenvalue weighted by Gasteiger charge is 2.28. The van der Waals surface area contributed by atoms with Gasteiger partial charge in [-0.1, -0.05) is 11.2 Å². The molecule has 0 aliphatic heterocycles. The van der Waals surface area contributed by atoms with Gasteiger partial charge in [0.15, 0.2) is 5.82 Å². The summed E-state index contributed by atoms with van der Waals surface area (Å²) in [6.07, 6.45) is 0. The molecule has 19 heavy (non-hydrogen) atoms. The average molecular weight is 265 g/mol. The number of nitrogens with zero attached hydrogens (tertiary/aromatic N) is 2. The van der Waals surface area contributed by atoms with Crippen LogP contribution in [0, 0.1) is 12.7 Å². The van der Waals surface area contributed by atoms with Gasteiger partial charge in [0.05, 0.1) is 6.61 Å². The first-order chi connectivity index (χ1) is 8.94. The maximum atomic E-state index is 13.3. The number of methoxy groups -OCH3 is 1. The molecule has 2 aromatic rings. The number of nitrogens with two attached hydrogens (primary N) is 1. The van der Waals surface area contributed by atoms with Crippen LogP contribution in [0.5, 0.6) is 0 Å². The van der Waals surface area contributed by atoms with E-state index >= 15 is 0 Å². The van der Waals surface area contributed by atoms with E-state index in [0.29, 0.717) is 11.4 Å². The van der Waals surface area contributed by atoms with Gasteiger partial charge in [0.25, 0.3) is 5.89 Å². The summed E-state index contributed by atoms with van der Waals surface area (Å²) < 4.78 is 23.4. The molecule has 6 heteroatoms. The minimum absolute atomic E-state index is 0.250. The van der Waals surface area contributed by atoms with Gasteiger partial charge in [0, 0.05) is 12.7 Å². The first kappa shape index (κ1) is 13.6. The van der Waals surface area contributed by atoms with Crippen LogP contribution in [-0.2, 0) is 10.3 Å². The van der Waals surface area contributed by atoms with Crippen LogP contribution < -0.4 is 5.73 Å². The third-order valence-corrected chi connectivity index (χ3v) is 2.81. The summed E-state index contributed by atoms with van der Waals surface area (Å²) in [5.74, 6) is 0.223. The van der Waals surface area contributed by atoms with Gasteiger partial charge >= 0.3 is 0 Å². The van der Waals surface area contributed by atoms with Crippen molar-refractivity contribution in [3.63, 3.8) is 0 Å². The van der Waals surface area contributed by atoms with Crippen LogP contribution in [-0.4, -0.2) is 23.9 Å². The van der Waals surface area contributed by atoms with Crippen LogP contribution in [0.15, 0.2) is 22.7 Å². The largest absolute Gasteiger partial charge is 0.382 e. The Morgan fingerprint density at radius 2 is 2.21 bits per heavy atom. The maximum absolute atomic E-state index is 13.3. The van der Waals surface area contributed by atoms with Gasteiger partial charge in [-0.25, -0.2) is 4.39 Å². The Morgan fingerprint density at radius 3 is 2.89 bits per heavy atom. The molecule has 0 fully saturated rings. The number of hydrogen-bond acceptors (Lipinski definition) is 5. The Labute approximate surface area is 110 Å². The Hall–Kier alpha value is -1.79. The van der Waals surface area contributed by atoms with Crippen molar-refractivity contribution in [1.29, 1.82) is 0 Å². The molecule has 1 atom stereocenters. The van der Waals surface area contributed by atoms with Gasteiger partial charge in [0.2, 0.25) is 0 Å². The first-order valence-electron chi connectivity index (χ1n) is 5.82. The molecule has 102 valence electrons. The minimum atomic E-state index is -0.849. The summed E-state index contributed by atoms with van der Waals surface area (Å²) in [5.41, 5.74) is 6.59. The predicted molar refractivity (Wildman–Crippen MR) is 67.8 cm³/mol. The fourth-order valence-corrected chi connectivity index (χ4v) is 1.75. The Bertz CT molecular complexity index is 581. The van der Waals surface area contributed by atoms with Crippen molar-refractivity contribution in [2.24, 2.45) is 5.73 Å². The Kier molecular flexibility index (Phi) is 3.64. The molecule has 0 amide bonds. The monoisotopic (exact) mass is 265 g/mol. The third-order valence-electron chi connectivity index (χ3n) is 2.81. The number of rotatable bonds is 4. The molecule has 0 bridgehead atoms. The topological polar surface area (TPSA) is 74.2 Å². The number of aryl methyl sites for hydroxylation is 1. The van der Waals surface area contributed by atoms with Gasteiger partial charge in [0.1, 0.15) is 11.4 Å². The summed E-state index contributed by atoms with van der Waals surface area (Å²) in [7, 11) is 1.54. The molecule has 1 unspecified atom stereocenters. The van der Waals surface area contributed by atoms with Crippen LogP contribution >= 0.6 is 0 Å². The fraction of sp³-hybridized carbons (Fsp3) is 0.385. The van der Waals surface area contributed by atoms with Crippen molar-refractivity contribution in [1.82, 2.24) is 10.1 Å². The van der Waals surface area contributed by atoms with E-state index in [0.717, 1.165) is 5.56 Å². The van der Waals surface area contributed by atoms with Crippen molar-refractivity contribution < 1.29 is 13.7 Å². The molecular weight excluding hydrogens is 249 g/mol. The van der Waals surface area contributed by atoms with Crippen LogP contribution in [0.3, 0.4) is 0 Å². The lowest BCUT2D eigenvalue weighted by Gasteiger charge is -2.18. The minimum Gasteiger partial charge on any atom is -0.382 e. The lowest BCUT2D eigenvalue weighted by molar-refractivity contribution is 0.135. The van der Waals surface area contributed by atoms with Crippen LogP contribution in [0.25, 0.3) is 11.5 Å². The van der Waals surface area contributed by atoms with Crippen molar-refractivity contribution >= 4 is 0 Å². The highest BCUT2D eigenvalue weighted by Crippen LogP contribution is 2.25. The number of hydrogen-bond donors (Lipinski definition) is 1.